The number of benzene rings is 5. The normalized spacial score (nSPS) is 11.8. The van der Waals surface area contributed by atoms with Crippen LogP contribution in [0.1, 0.15) is 22.3 Å². The Morgan fingerprint density at radius 2 is 0.838 bits per heavy atom. The maximum atomic E-state index is 13.4. The lowest BCUT2D eigenvalue weighted by Gasteiger charge is -2.37. The summed E-state index contributed by atoms with van der Waals surface area (Å²) in [5.74, 6) is -0.265. The molecule has 2 N–H and O–H groups in total. The van der Waals surface area contributed by atoms with Gasteiger partial charge in [0.15, 0.2) is 0 Å². The number of phenols is 2. The largest absolute Gasteiger partial charge is 0.508 e. The van der Waals surface area contributed by atoms with Gasteiger partial charge in [-0.2, -0.15) is 0 Å². The lowest BCUT2D eigenvalue weighted by atomic mass is 9.65. The average molecular weight is 511 g/mol. The number of aromatic hydroxyl groups is 2. The van der Waals surface area contributed by atoms with Crippen molar-refractivity contribution in [1.29, 1.82) is 0 Å². The molecule has 37 heavy (non-hydrogen) atoms. The number of phenolic OH excluding ortho intramolecular Hbond substituents is 2. The Kier molecular flexibility index (Phi) is 6.27. The van der Waals surface area contributed by atoms with Gasteiger partial charge in [0, 0.05) is 0 Å². The molecule has 0 aromatic heterocycles. The maximum Gasteiger partial charge on any atom is 0.206 e. The molecule has 0 aliphatic rings. The van der Waals surface area contributed by atoms with E-state index in [2.05, 4.69) is 0 Å². The van der Waals surface area contributed by atoms with Crippen LogP contribution >= 0.6 is 0 Å². The van der Waals surface area contributed by atoms with Gasteiger partial charge < -0.3 is 10.2 Å². The minimum atomic E-state index is -3.86. The molecule has 0 aliphatic carbocycles. The smallest absolute Gasteiger partial charge is 0.206 e. The highest BCUT2D eigenvalue weighted by molar-refractivity contribution is 7.91. The van der Waals surface area contributed by atoms with Gasteiger partial charge in [-0.3, -0.25) is 0 Å². The van der Waals surface area contributed by atoms with Crippen molar-refractivity contribution >= 4 is 9.84 Å². The predicted molar refractivity (Wildman–Crippen MR) is 140 cm³/mol. The van der Waals surface area contributed by atoms with Gasteiger partial charge in [0.2, 0.25) is 9.84 Å². The van der Waals surface area contributed by atoms with E-state index in [4.69, 9.17) is 0 Å². The van der Waals surface area contributed by atoms with Crippen molar-refractivity contribution < 1.29 is 23.0 Å². The zero-order chi connectivity index (χ0) is 26.0. The first kappa shape index (κ1) is 24.3. The molecular formula is C31H23FO4S. The van der Waals surface area contributed by atoms with Gasteiger partial charge in [0.05, 0.1) is 15.2 Å². The Morgan fingerprint density at radius 3 is 1.27 bits per heavy atom. The molecule has 0 bridgehead atoms. The summed E-state index contributed by atoms with van der Waals surface area (Å²) in [6.07, 6.45) is 0. The standard InChI is InChI=1S/C31H23FO4S/c32-26-12-20-30(21-13-26)37(35,36)29-18-10-25(11-19-29)31(22-4-2-1-3-5-22,23-6-14-27(33)15-7-23)24-8-16-28(34)17-9-24/h1-21,33-34H. The predicted octanol–water partition coefficient (Wildman–Crippen LogP) is 6.45. The quantitative estimate of drug-likeness (QED) is 0.203. The first-order valence-corrected chi connectivity index (χ1v) is 13.1. The first-order valence-electron chi connectivity index (χ1n) is 11.6. The Morgan fingerprint density at radius 1 is 0.486 bits per heavy atom. The van der Waals surface area contributed by atoms with E-state index in [1.165, 1.54) is 12.1 Å². The first-order chi connectivity index (χ1) is 17.8. The number of halogens is 1. The molecule has 0 fully saturated rings. The number of hydrogen-bond acceptors (Lipinski definition) is 4. The van der Waals surface area contributed by atoms with Crippen LogP contribution in [0.2, 0.25) is 0 Å². The van der Waals surface area contributed by atoms with Gasteiger partial charge in [-0.25, -0.2) is 12.8 Å². The third-order valence-electron chi connectivity index (χ3n) is 6.53. The van der Waals surface area contributed by atoms with E-state index in [1.807, 2.05) is 54.6 Å². The topological polar surface area (TPSA) is 74.6 Å². The summed E-state index contributed by atoms with van der Waals surface area (Å²) >= 11 is 0. The summed E-state index contributed by atoms with van der Waals surface area (Å²) in [4.78, 5) is 0.0919. The molecular weight excluding hydrogens is 487 g/mol. The summed E-state index contributed by atoms with van der Waals surface area (Å²) in [7, 11) is -3.86. The third kappa shape index (κ3) is 4.36. The fraction of sp³-hybridized carbons (Fsp3) is 0.0323. The van der Waals surface area contributed by atoms with Gasteiger partial charge in [-0.15, -0.1) is 0 Å². The molecule has 184 valence electrons. The van der Waals surface area contributed by atoms with Crippen molar-refractivity contribution in [2.45, 2.75) is 15.2 Å². The summed E-state index contributed by atoms with van der Waals surface area (Å²) in [6, 6.07) is 34.9. The molecule has 4 nitrogen and oxygen atoms in total. The van der Waals surface area contributed by atoms with Crippen LogP contribution < -0.4 is 0 Å². The van der Waals surface area contributed by atoms with Crippen LogP contribution in [0.3, 0.4) is 0 Å². The molecule has 5 aromatic carbocycles. The lowest BCUT2D eigenvalue weighted by Crippen LogP contribution is -2.31. The van der Waals surface area contributed by atoms with E-state index in [0.29, 0.717) is 0 Å². The Hall–Kier alpha value is -4.42. The van der Waals surface area contributed by atoms with Crippen molar-refractivity contribution in [2.75, 3.05) is 0 Å². The van der Waals surface area contributed by atoms with Crippen LogP contribution in [0.25, 0.3) is 0 Å². The molecule has 0 aliphatic heterocycles. The molecule has 6 heteroatoms. The fourth-order valence-corrected chi connectivity index (χ4v) is 6.01. The Balaban J connectivity index is 1.75. The van der Waals surface area contributed by atoms with Crippen LogP contribution in [0, 0.1) is 5.82 Å². The summed E-state index contributed by atoms with van der Waals surface area (Å²) in [5, 5.41) is 20.0. The molecule has 5 rings (SSSR count). The minimum absolute atomic E-state index is 0.00745. The van der Waals surface area contributed by atoms with Crippen LogP contribution in [0.15, 0.2) is 137 Å². The highest BCUT2D eigenvalue weighted by Gasteiger charge is 2.38. The van der Waals surface area contributed by atoms with Gasteiger partial charge in [0.25, 0.3) is 0 Å². The molecule has 5 aromatic rings. The van der Waals surface area contributed by atoms with E-state index < -0.39 is 21.1 Å². The lowest BCUT2D eigenvalue weighted by molar-refractivity contribution is 0.474. The zero-order valence-corrected chi connectivity index (χ0v) is 20.4. The van der Waals surface area contributed by atoms with E-state index in [0.717, 1.165) is 34.4 Å². The van der Waals surface area contributed by atoms with Gasteiger partial charge in [-0.1, -0.05) is 66.7 Å². The second-order valence-electron chi connectivity index (χ2n) is 8.69. The summed E-state index contributed by atoms with van der Waals surface area (Å²) < 4.78 is 39.8. The molecule has 0 heterocycles. The van der Waals surface area contributed by atoms with Crippen molar-refractivity contribution in [3.63, 3.8) is 0 Å². The monoisotopic (exact) mass is 510 g/mol. The van der Waals surface area contributed by atoms with E-state index in [9.17, 15) is 23.0 Å². The summed E-state index contributed by atoms with van der Waals surface area (Å²) in [5.41, 5.74) is 2.50. The van der Waals surface area contributed by atoms with E-state index in [1.54, 1.807) is 48.5 Å². The highest BCUT2D eigenvalue weighted by atomic mass is 32.2. The van der Waals surface area contributed by atoms with E-state index in [-0.39, 0.29) is 21.3 Å². The maximum absolute atomic E-state index is 13.4. The molecule has 0 amide bonds. The second-order valence-corrected chi connectivity index (χ2v) is 10.6. The SMILES string of the molecule is O=S(=O)(c1ccc(F)cc1)c1ccc(C(c2ccccc2)(c2ccc(O)cc2)c2ccc(O)cc2)cc1. The minimum Gasteiger partial charge on any atom is -0.508 e. The van der Waals surface area contributed by atoms with Crippen molar-refractivity contribution in [1.82, 2.24) is 0 Å². The van der Waals surface area contributed by atoms with Gasteiger partial charge in [0.1, 0.15) is 17.3 Å². The van der Waals surface area contributed by atoms with Crippen LogP contribution in [0.5, 0.6) is 11.5 Å². The Labute approximate surface area is 214 Å². The fourth-order valence-electron chi connectivity index (χ4n) is 4.74. The van der Waals surface area contributed by atoms with Crippen LogP contribution in [0.4, 0.5) is 4.39 Å². The Bertz CT molecular complexity index is 1570. The van der Waals surface area contributed by atoms with Crippen molar-refractivity contribution in [2.24, 2.45) is 0 Å². The van der Waals surface area contributed by atoms with Crippen LogP contribution in [-0.2, 0) is 15.3 Å². The average Bonchev–Trinajstić information content (AvgIpc) is 2.92. The van der Waals surface area contributed by atoms with Gasteiger partial charge in [-0.05, 0) is 82.9 Å². The number of sulfone groups is 1. The molecule has 0 radical (unpaired) electrons. The van der Waals surface area contributed by atoms with Crippen molar-refractivity contribution in [3.8, 4) is 11.5 Å². The highest BCUT2D eigenvalue weighted by Crippen LogP contribution is 2.46. The molecule has 0 spiro atoms. The second kappa shape index (κ2) is 9.56. The van der Waals surface area contributed by atoms with Crippen molar-refractivity contribution in [3.05, 3.63) is 155 Å². The van der Waals surface area contributed by atoms with Crippen LogP contribution in [-0.4, -0.2) is 18.6 Å². The summed E-state index contributed by atoms with van der Waals surface area (Å²) in [6.45, 7) is 0. The molecule has 0 saturated heterocycles. The number of rotatable bonds is 6. The van der Waals surface area contributed by atoms with Gasteiger partial charge >= 0.3 is 0 Å². The zero-order valence-electron chi connectivity index (χ0n) is 19.6. The molecule has 0 atom stereocenters. The third-order valence-corrected chi connectivity index (χ3v) is 8.31. The number of hydrogen-bond donors (Lipinski definition) is 2. The molecule has 0 saturated carbocycles. The van der Waals surface area contributed by atoms with E-state index >= 15 is 0 Å². The molecule has 0 unspecified atom stereocenters.